The smallest absolute Gasteiger partial charge is 0.244 e. The van der Waals surface area contributed by atoms with Crippen LogP contribution in [0.15, 0.2) is 11.7 Å². The predicted octanol–water partition coefficient (Wildman–Crippen LogP) is 5.85. The van der Waals surface area contributed by atoms with Crippen molar-refractivity contribution in [2.24, 2.45) is 0 Å². The molecule has 0 bridgehead atoms. The molecule has 0 aliphatic heterocycles. The summed E-state index contributed by atoms with van der Waals surface area (Å²) in [4.78, 5) is 0. The minimum Gasteiger partial charge on any atom is -0.244 e. The molecule has 25 heavy (non-hydrogen) atoms. The van der Waals surface area contributed by atoms with E-state index in [0.717, 1.165) is 0 Å². The zero-order valence-corrected chi connectivity index (χ0v) is 10.8. The van der Waals surface area contributed by atoms with Gasteiger partial charge < -0.3 is 0 Å². The van der Waals surface area contributed by atoms with Crippen molar-refractivity contribution in [3.05, 3.63) is 11.7 Å². The predicted molar refractivity (Wildman–Crippen MR) is 46.0 cm³/mol. The van der Waals surface area contributed by atoms with Crippen LogP contribution >= 0.6 is 0 Å². The molecule has 0 saturated carbocycles. The first-order valence-electron chi connectivity index (χ1n) is 5.21. The number of halogens is 16. The number of allylic oxidation sites excluding steroid dienone is 2. The topological polar surface area (TPSA) is 0 Å². The molecule has 0 radical (unpaired) electrons. The van der Waals surface area contributed by atoms with Crippen molar-refractivity contribution in [1.82, 2.24) is 0 Å². The lowest BCUT2D eigenvalue weighted by molar-refractivity contribution is -0.398. The third kappa shape index (κ3) is 3.35. The highest BCUT2D eigenvalue weighted by atomic mass is 19.4. The van der Waals surface area contributed by atoms with Gasteiger partial charge in [0.2, 0.25) is 11.7 Å². The maximum absolute atomic E-state index is 12.9. The van der Waals surface area contributed by atoms with Crippen molar-refractivity contribution in [1.29, 1.82) is 0 Å². The molecule has 0 aromatic rings. The third-order valence-corrected chi connectivity index (χ3v) is 2.53. The summed E-state index contributed by atoms with van der Waals surface area (Å²) in [6.07, 6.45) is -6.77. The van der Waals surface area contributed by atoms with Crippen molar-refractivity contribution < 1.29 is 70.2 Å². The molecule has 0 amide bonds. The van der Waals surface area contributed by atoms with Gasteiger partial charge in [-0.25, -0.2) is 8.78 Å². The zero-order valence-electron chi connectivity index (χ0n) is 10.8. The maximum Gasteiger partial charge on any atom is 0.445 e. The average Bonchev–Trinajstić information content (AvgIpc) is 2.43. The van der Waals surface area contributed by atoms with Crippen LogP contribution in [0.2, 0.25) is 0 Å². The Morgan fingerprint density at radius 3 is 1.16 bits per heavy atom. The molecule has 0 fully saturated rings. The summed E-state index contributed by atoms with van der Waals surface area (Å²) in [5, 5.41) is 0. The fourth-order valence-electron chi connectivity index (χ4n) is 1.11. The molecule has 0 nitrogen and oxygen atoms in total. The van der Waals surface area contributed by atoms with Crippen molar-refractivity contribution in [3.8, 4) is 0 Å². The van der Waals surface area contributed by atoms with Gasteiger partial charge in [-0.15, -0.1) is 0 Å². The molecule has 16 heteroatoms. The number of rotatable bonds is 6. The van der Waals surface area contributed by atoms with Crippen LogP contribution in [-0.4, -0.2) is 42.5 Å². The van der Waals surface area contributed by atoms with E-state index >= 15 is 0 Å². The van der Waals surface area contributed by atoms with Crippen molar-refractivity contribution >= 4 is 0 Å². The van der Waals surface area contributed by atoms with Crippen LogP contribution in [0.5, 0.6) is 0 Å². The molecule has 150 valence electrons. The van der Waals surface area contributed by atoms with Crippen LogP contribution in [0.25, 0.3) is 0 Å². The molecule has 0 spiro atoms. The summed E-state index contributed by atoms with van der Waals surface area (Å²) < 4.78 is 199. The Morgan fingerprint density at radius 1 is 0.520 bits per heavy atom. The SMILES string of the molecule is FCC(F)(F)C(F)(F)C(F)(F)C(F)(F)C(F)(F)C(F)=C(F)C(F)(F)F. The number of hydrogen-bond donors (Lipinski definition) is 0. The molecule has 0 aromatic carbocycles. The van der Waals surface area contributed by atoms with E-state index in [1.807, 2.05) is 0 Å². The van der Waals surface area contributed by atoms with E-state index in [9.17, 15) is 70.2 Å². The lowest BCUT2D eigenvalue weighted by atomic mass is 9.94. The lowest BCUT2D eigenvalue weighted by Crippen LogP contribution is -2.67. The molecule has 0 aromatic heterocycles. The first-order chi connectivity index (χ1) is 10.6. The highest BCUT2D eigenvalue weighted by Gasteiger charge is 2.87. The fraction of sp³-hybridized carbons (Fsp3) is 0.778. The van der Waals surface area contributed by atoms with Crippen LogP contribution < -0.4 is 0 Å². The van der Waals surface area contributed by atoms with E-state index in [4.69, 9.17) is 0 Å². The first kappa shape index (κ1) is 23.6. The van der Waals surface area contributed by atoms with Gasteiger partial charge >= 0.3 is 35.8 Å². The summed E-state index contributed by atoms with van der Waals surface area (Å²) in [7, 11) is 0. The van der Waals surface area contributed by atoms with Crippen molar-refractivity contribution in [2.45, 2.75) is 35.8 Å². The van der Waals surface area contributed by atoms with Gasteiger partial charge in [0.1, 0.15) is 0 Å². The fourth-order valence-corrected chi connectivity index (χ4v) is 1.11. The van der Waals surface area contributed by atoms with E-state index < -0.39 is 54.1 Å². The van der Waals surface area contributed by atoms with Gasteiger partial charge in [0.15, 0.2) is 6.67 Å². The summed E-state index contributed by atoms with van der Waals surface area (Å²) in [6, 6.07) is 0. The van der Waals surface area contributed by atoms with Gasteiger partial charge in [0.25, 0.3) is 0 Å². The molecule has 0 rings (SSSR count). The second-order valence-corrected chi connectivity index (χ2v) is 4.26. The van der Waals surface area contributed by atoms with Gasteiger partial charge in [-0.05, 0) is 0 Å². The van der Waals surface area contributed by atoms with Crippen molar-refractivity contribution in [3.63, 3.8) is 0 Å². The highest BCUT2D eigenvalue weighted by Crippen LogP contribution is 2.59. The molecule has 0 saturated heterocycles. The van der Waals surface area contributed by atoms with E-state index in [1.54, 1.807) is 0 Å². The van der Waals surface area contributed by atoms with E-state index in [2.05, 4.69) is 0 Å². The Bertz CT molecular complexity index is 522. The summed E-state index contributed by atoms with van der Waals surface area (Å²) in [5.41, 5.74) is 0. The van der Waals surface area contributed by atoms with Gasteiger partial charge in [0, 0.05) is 0 Å². The average molecular weight is 414 g/mol. The second-order valence-electron chi connectivity index (χ2n) is 4.26. The Morgan fingerprint density at radius 2 is 0.880 bits per heavy atom. The second kappa shape index (κ2) is 6.10. The maximum atomic E-state index is 12.9. The summed E-state index contributed by atoms with van der Waals surface area (Å²) >= 11 is 0. The molecule has 0 aliphatic carbocycles. The minimum atomic E-state index is -8.03. The van der Waals surface area contributed by atoms with Gasteiger partial charge in [-0.3, -0.25) is 0 Å². The van der Waals surface area contributed by atoms with E-state index in [1.165, 1.54) is 0 Å². The Hall–Kier alpha value is -1.38. The standard InChI is InChI=1S/C9H2F16/c10-1-4(13,14)7(20,21)9(24,25)8(22,23)5(15,16)2(11)3(12)6(17,18)19/h1H2. The molecule has 0 heterocycles. The van der Waals surface area contributed by atoms with Crippen LogP contribution in [0, 0.1) is 0 Å². The molecule has 0 atom stereocenters. The van der Waals surface area contributed by atoms with E-state index in [0.29, 0.717) is 0 Å². The summed E-state index contributed by atoms with van der Waals surface area (Å²) in [5.74, 6) is -47.7. The van der Waals surface area contributed by atoms with Crippen LogP contribution in [-0.2, 0) is 0 Å². The quantitative estimate of drug-likeness (QED) is 0.479. The van der Waals surface area contributed by atoms with Gasteiger partial charge in [-0.1, -0.05) is 0 Å². The minimum absolute atomic E-state index is 3.79. The molecule has 0 aliphatic rings. The highest BCUT2D eigenvalue weighted by molar-refractivity contribution is 5.22. The zero-order chi connectivity index (χ0) is 20.9. The van der Waals surface area contributed by atoms with Crippen LogP contribution in [0.4, 0.5) is 70.2 Å². The molecule has 0 N–H and O–H groups in total. The van der Waals surface area contributed by atoms with E-state index in [-0.39, 0.29) is 0 Å². The largest absolute Gasteiger partial charge is 0.445 e. The van der Waals surface area contributed by atoms with Gasteiger partial charge in [0.05, 0.1) is 0 Å². The summed E-state index contributed by atoms with van der Waals surface area (Å²) in [6.45, 7) is -3.79. The molecular formula is C9H2F16. The third-order valence-electron chi connectivity index (χ3n) is 2.53. The Balaban J connectivity index is 6.47. The normalized spacial score (nSPS) is 16.8. The lowest BCUT2D eigenvalue weighted by Gasteiger charge is -2.38. The van der Waals surface area contributed by atoms with Crippen molar-refractivity contribution in [2.75, 3.05) is 6.67 Å². The Kier molecular flexibility index (Phi) is 5.77. The first-order valence-corrected chi connectivity index (χ1v) is 5.21. The Labute approximate surface area is 126 Å². The van der Waals surface area contributed by atoms with Gasteiger partial charge in [-0.2, -0.15) is 61.5 Å². The molecular weight excluding hydrogens is 412 g/mol. The monoisotopic (exact) mass is 414 g/mol. The molecule has 0 unspecified atom stereocenters. The van der Waals surface area contributed by atoms with Crippen LogP contribution in [0.3, 0.4) is 0 Å². The number of alkyl halides is 14. The van der Waals surface area contributed by atoms with Crippen LogP contribution in [0.1, 0.15) is 0 Å². The number of hydrogen-bond acceptors (Lipinski definition) is 0.